The average molecular weight is 242 g/mol. The maximum absolute atomic E-state index is 11.1. The third-order valence-electron chi connectivity index (χ3n) is 2.21. The molecule has 0 aromatic rings. The van der Waals surface area contributed by atoms with Gasteiger partial charge >= 0.3 is 11.9 Å². The SMILES string of the molecule is CC=COC(=O)C(=O)OCCCCCCCC. The Bertz CT molecular complexity index is 246. The summed E-state index contributed by atoms with van der Waals surface area (Å²) in [6.07, 6.45) is 9.33. The zero-order valence-corrected chi connectivity index (χ0v) is 10.7. The Kier molecular flexibility index (Phi) is 10.3. The molecule has 0 amide bonds. The third-order valence-corrected chi connectivity index (χ3v) is 2.21. The fourth-order valence-corrected chi connectivity index (χ4v) is 1.28. The molecule has 0 aliphatic carbocycles. The first-order chi connectivity index (χ1) is 8.22. The first-order valence-electron chi connectivity index (χ1n) is 6.21. The second-order valence-electron chi connectivity index (χ2n) is 3.78. The van der Waals surface area contributed by atoms with E-state index in [0.29, 0.717) is 0 Å². The lowest BCUT2D eigenvalue weighted by Crippen LogP contribution is -2.18. The van der Waals surface area contributed by atoms with Gasteiger partial charge in [0.1, 0.15) is 0 Å². The highest BCUT2D eigenvalue weighted by Crippen LogP contribution is 2.04. The van der Waals surface area contributed by atoms with Gasteiger partial charge in [0.05, 0.1) is 12.9 Å². The molecule has 0 fully saturated rings. The smallest absolute Gasteiger partial charge is 0.422 e. The molecule has 0 atom stereocenters. The van der Waals surface area contributed by atoms with Gasteiger partial charge in [0.25, 0.3) is 0 Å². The molecule has 0 radical (unpaired) electrons. The van der Waals surface area contributed by atoms with Crippen molar-refractivity contribution in [3.63, 3.8) is 0 Å². The Hall–Kier alpha value is -1.32. The highest BCUT2D eigenvalue weighted by Gasteiger charge is 2.15. The molecule has 0 rings (SSSR count). The molecule has 98 valence electrons. The van der Waals surface area contributed by atoms with E-state index in [0.717, 1.165) is 25.5 Å². The van der Waals surface area contributed by atoms with E-state index in [9.17, 15) is 9.59 Å². The quantitative estimate of drug-likeness (QED) is 0.284. The maximum Gasteiger partial charge on any atom is 0.422 e. The molecule has 0 N–H and O–H groups in total. The lowest BCUT2D eigenvalue weighted by Gasteiger charge is -2.03. The summed E-state index contributed by atoms with van der Waals surface area (Å²) in [7, 11) is 0. The summed E-state index contributed by atoms with van der Waals surface area (Å²) in [6, 6.07) is 0. The van der Waals surface area contributed by atoms with Crippen molar-refractivity contribution >= 4 is 11.9 Å². The number of carbonyl (C=O) groups is 2. The van der Waals surface area contributed by atoms with Crippen molar-refractivity contribution in [2.75, 3.05) is 6.61 Å². The van der Waals surface area contributed by atoms with Gasteiger partial charge in [-0.05, 0) is 13.3 Å². The van der Waals surface area contributed by atoms with Crippen LogP contribution in [0.2, 0.25) is 0 Å². The van der Waals surface area contributed by atoms with Gasteiger partial charge < -0.3 is 9.47 Å². The molecule has 0 heterocycles. The zero-order valence-electron chi connectivity index (χ0n) is 10.7. The van der Waals surface area contributed by atoms with Crippen LogP contribution in [0.4, 0.5) is 0 Å². The molecule has 0 aromatic carbocycles. The summed E-state index contributed by atoms with van der Waals surface area (Å²) in [5.41, 5.74) is 0. The predicted molar refractivity (Wildman–Crippen MR) is 65.2 cm³/mol. The van der Waals surface area contributed by atoms with Crippen molar-refractivity contribution in [1.29, 1.82) is 0 Å². The van der Waals surface area contributed by atoms with Crippen molar-refractivity contribution in [3.05, 3.63) is 12.3 Å². The van der Waals surface area contributed by atoms with Crippen LogP contribution in [-0.2, 0) is 19.1 Å². The highest BCUT2D eigenvalue weighted by atomic mass is 16.6. The molecule has 0 saturated carbocycles. The van der Waals surface area contributed by atoms with E-state index >= 15 is 0 Å². The summed E-state index contributed by atoms with van der Waals surface area (Å²) in [5.74, 6) is -1.88. The van der Waals surface area contributed by atoms with Gasteiger partial charge in [0.15, 0.2) is 0 Å². The van der Waals surface area contributed by atoms with Gasteiger partial charge in [0, 0.05) is 0 Å². The van der Waals surface area contributed by atoms with E-state index in [-0.39, 0.29) is 6.61 Å². The fourth-order valence-electron chi connectivity index (χ4n) is 1.28. The first kappa shape index (κ1) is 15.7. The second kappa shape index (κ2) is 11.2. The number of esters is 2. The van der Waals surface area contributed by atoms with Crippen molar-refractivity contribution in [3.8, 4) is 0 Å². The molecular weight excluding hydrogens is 220 g/mol. The van der Waals surface area contributed by atoms with Crippen LogP contribution in [0, 0.1) is 0 Å². The number of carbonyl (C=O) groups excluding carboxylic acids is 2. The zero-order chi connectivity index (χ0) is 12.9. The van der Waals surface area contributed by atoms with Crippen molar-refractivity contribution < 1.29 is 19.1 Å². The summed E-state index contributed by atoms with van der Waals surface area (Å²) in [4.78, 5) is 22.0. The minimum atomic E-state index is -0.964. The van der Waals surface area contributed by atoms with Crippen LogP contribution in [0.25, 0.3) is 0 Å². The van der Waals surface area contributed by atoms with Crippen molar-refractivity contribution in [2.24, 2.45) is 0 Å². The topological polar surface area (TPSA) is 52.6 Å². The normalized spacial score (nSPS) is 10.5. The second-order valence-corrected chi connectivity index (χ2v) is 3.78. The molecule has 0 unspecified atom stereocenters. The Balaban J connectivity index is 3.41. The van der Waals surface area contributed by atoms with Crippen LogP contribution in [0.15, 0.2) is 12.3 Å². The van der Waals surface area contributed by atoms with E-state index in [1.165, 1.54) is 25.3 Å². The van der Waals surface area contributed by atoms with Crippen LogP contribution in [0.1, 0.15) is 52.4 Å². The lowest BCUT2D eigenvalue weighted by molar-refractivity contribution is -0.164. The lowest BCUT2D eigenvalue weighted by atomic mass is 10.1. The molecular formula is C13H22O4. The largest absolute Gasteiger partial charge is 0.457 e. The average Bonchev–Trinajstić information content (AvgIpc) is 2.34. The number of unbranched alkanes of at least 4 members (excludes halogenated alkanes) is 5. The van der Waals surface area contributed by atoms with Gasteiger partial charge in [-0.15, -0.1) is 0 Å². The number of rotatable bonds is 8. The third kappa shape index (κ3) is 9.60. The summed E-state index contributed by atoms with van der Waals surface area (Å²) >= 11 is 0. The molecule has 0 bridgehead atoms. The van der Waals surface area contributed by atoms with Crippen LogP contribution in [-0.4, -0.2) is 18.5 Å². The number of ether oxygens (including phenoxy) is 2. The first-order valence-corrected chi connectivity index (χ1v) is 6.21. The molecule has 0 saturated heterocycles. The van der Waals surface area contributed by atoms with E-state index in [2.05, 4.69) is 11.7 Å². The Morgan fingerprint density at radius 1 is 1.00 bits per heavy atom. The van der Waals surface area contributed by atoms with Crippen LogP contribution >= 0.6 is 0 Å². The van der Waals surface area contributed by atoms with Gasteiger partial charge in [-0.3, -0.25) is 0 Å². The predicted octanol–water partition coefficient (Wildman–Crippen LogP) is 2.97. The molecule has 0 aromatic heterocycles. The van der Waals surface area contributed by atoms with Gasteiger partial charge in [-0.25, -0.2) is 9.59 Å². The van der Waals surface area contributed by atoms with Gasteiger partial charge in [0.2, 0.25) is 0 Å². The molecule has 0 aliphatic heterocycles. The monoisotopic (exact) mass is 242 g/mol. The summed E-state index contributed by atoms with van der Waals surface area (Å²) in [5, 5.41) is 0. The standard InChI is InChI=1S/C13H22O4/c1-3-5-6-7-8-9-11-17-13(15)12(14)16-10-4-2/h4,10H,3,5-9,11H2,1-2H3. The number of hydrogen-bond donors (Lipinski definition) is 0. The molecule has 17 heavy (non-hydrogen) atoms. The van der Waals surface area contributed by atoms with Crippen molar-refractivity contribution in [2.45, 2.75) is 52.4 Å². The molecule has 0 spiro atoms. The summed E-state index contributed by atoms with van der Waals surface area (Å²) in [6.45, 7) is 4.14. The fraction of sp³-hybridized carbons (Fsp3) is 0.692. The van der Waals surface area contributed by atoms with Crippen LogP contribution < -0.4 is 0 Å². The molecule has 4 nitrogen and oxygen atoms in total. The van der Waals surface area contributed by atoms with Crippen LogP contribution in [0.3, 0.4) is 0 Å². The van der Waals surface area contributed by atoms with E-state index < -0.39 is 11.9 Å². The Morgan fingerprint density at radius 3 is 2.29 bits per heavy atom. The number of hydrogen-bond acceptors (Lipinski definition) is 4. The molecule has 4 heteroatoms. The Morgan fingerprint density at radius 2 is 1.65 bits per heavy atom. The maximum atomic E-state index is 11.1. The van der Waals surface area contributed by atoms with Gasteiger partial charge in [-0.1, -0.05) is 45.1 Å². The summed E-state index contributed by atoms with van der Waals surface area (Å²) < 4.78 is 9.23. The molecule has 0 aliphatic rings. The van der Waals surface area contributed by atoms with Crippen molar-refractivity contribution in [1.82, 2.24) is 0 Å². The number of allylic oxidation sites excluding steroid dienone is 1. The Labute approximate surface area is 103 Å². The van der Waals surface area contributed by atoms with Crippen LogP contribution in [0.5, 0.6) is 0 Å². The minimum absolute atomic E-state index is 0.288. The highest BCUT2D eigenvalue weighted by molar-refractivity contribution is 6.29. The minimum Gasteiger partial charge on any atom is -0.457 e. The van der Waals surface area contributed by atoms with Gasteiger partial charge in [-0.2, -0.15) is 0 Å². The van der Waals surface area contributed by atoms with E-state index in [4.69, 9.17) is 4.74 Å². The van der Waals surface area contributed by atoms with E-state index in [1.54, 1.807) is 6.92 Å². The van der Waals surface area contributed by atoms with E-state index in [1.807, 2.05) is 0 Å².